The third kappa shape index (κ3) is 4.17. The van der Waals surface area contributed by atoms with E-state index in [2.05, 4.69) is 0 Å². The number of hydrogen-bond donors (Lipinski definition) is 3. The fourth-order valence-electron chi connectivity index (χ4n) is 0.941. The molecule has 0 aromatic carbocycles. The fraction of sp³-hybridized carbons (Fsp3) is 0.889. The Balaban J connectivity index is 4.47. The van der Waals surface area contributed by atoms with Gasteiger partial charge in [0.15, 0.2) is 0 Å². The molecule has 0 aliphatic rings. The van der Waals surface area contributed by atoms with Gasteiger partial charge in [-0.05, 0) is 26.7 Å². The van der Waals surface area contributed by atoms with Crippen LogP contribution in [0.3, 0.4) is 0 Å². The van der Waals surface area contributed by atoms with E-state index in [1.54, 1.807) is 6.92 Å². The predicted octanol–water partition coefficient (Wildman–Crippen LogP) is 1.02. The second-order valence-electron chi connectivity index (χ2n) is 4.12. The normalized spacial score (nSPS) is 21.3. The molecule has 0 saturated heterocycles. The zero-order chi connectivity index (χ0) is 12.3. The number of carbonyl (C=O) groups is 1. The molecule has 0 radical (unpaired) electrons. The van der Waals surface area contributed by atoms with E-state index in [-0.39, 0.29) is 17.4 Å². The summed E-state index contributed by atoms with van der Waals surface area (Å²) >= 11 is 0. The smallest absolute Gasteiger partial charge is 0.323 e. The van der Waals surface area contributed by atoms with Crippen LogP contribution in [0.15, 0.2) is 0 Å². The maximum Gasteiger partial charge on any atom is 0.323 e. The molecule has 0 amide bonds. The van der Waals surface area contributed by atoms with Crippen molar-refractivity contribution in [3.8, 4) is 0 Å². The molecule has 0 aliphatic carbocycles. The van der Waals surface area contributed by atoms with Crippen molar-refractivity contribution >= 4 is 15.7 Å². The Morgan fingerprint density at radius 3 is 2.47 bits per heavy atom. The summed E-state index contributed by atoms with van der Waals surface area (Å²) in [6.07, 6.45) is 0.714. The lowest BCUT2D eigenvalue weighted by molar-refractivity contribution is -0.142. The molecule has 0 heterocycles. The molecule has 4 N–H and O–H groups in total. The predicted molar refractivity (Wildman–Crippen MR) is 60.3 cm³/mol. The molecule has 0 aromatic rings. The monoisotopic (exact) mass is 236 g/mol. The van der Waals surface area contributed by atoms with E-state index in [1.165, 1.54) is 6.92 Å². The summed E-state index contributed by atoms with van der Waals surface area (Å²) in [5.41, 5.74) is 4.11. The molecular formula is C9H20N2O3S. The Morgan fingerprint density at radius 1 is 1.67 bits per heavy atom. The third-order valence-electron chi connectivity index (χ3n) is 2.64. The standard InChI is InChI=1S/C9H20N2O3S/c1-4-7(2)15(11,14)6-5-9(3,10)8(12)13/h7,11H,4-6,10H2,1-3H3,(H,12,13)/t7?,9-,15?/m1/s1. The van der Waals surface area contributed by atoms with E-state index < -0.39 is 21.2 Å². The molecule has 0 rings (SSSR count). The summed E-state index contributed by atoms with van der Waals surface area (Å²) in [6.45, 7) is 4.98. The van der Waals surface area contributed by atoms with Gasteiger partial charge < -0.3 is 10.8 Å². The van der Waals surface area contributed by atoms with Crippen LogP contribution in [-0.4, -0.2) is 31.8 Å². The molecule has 0 fully saturated rings. The van der Waals surface area contributed by atoms with E-state index in [1.807, 2.05) is 6.92 Å². The van der Waals surface area contributed by atoms with Gasteiger partial charge in [0.05, 0.1) is 0 Å². The molecule has 0 aromatic heterocycles. The van der Waals surface area contributed by atoms with Crippen LogP contribution in [0, 0.1) is 4.78 Å². The zero-order valence-electron chi connectivity index (χ0n) is 9.45. The van der Waals surface area contributed by atoms with E-state index >= 15 is 0 Å². The number of aliphatic carboxylic acids is 1. The van der Waals surface area contributed by atoms with E-state index in [4.69, 9.17) is 15.6 Å². The Hall–Kier alpha value is -0.620. The first-order valence-electron chi connectivity index (χ1n) is 4.91. The Bertz CT molecular complexity index is 322. The van der Waals surface area contributed by atoms with E-state index in [0.717, 1.165) is 0 Å². The van der Waals surface area contributed by atoms with Crippen LogP contribution >= 0.6 is 0 Å². The summed E-state index contributed by atoms with van der Waals surface area (Å²) in [5, 5.41) is 8.53. The minimum atomic E-state index is -2.72. The van der Waals surface area contributed by atoms with Gasteiger partial charge in [-0.15, -0.1) is 0 Å². The first-order valence-corrected chi connectivity index (χ1v) is 6.70. The van der Waals surface area contributed by atoms with E-state index in [9.17, 15) is 9.00 Å². The summed E-state index contributed by atoms with van der Waals surface area (Å²) in [7, 11) is -2.72. The van der Waals surface area contributed by atoms with Gasteiger partial charge >= 0.3 is 5.97 Å². The summed E-state index contributed by atoms with van der Waals surface area (Å²) in [4.78, 5) is 10.7. The lowest BCUT2D eigenvalue weighted by Crippen LogP contribution is -2.46. The van der Waals surface area contributed by atoms with Crippen molar-refractivity contribution in [2.45, 2.75) is 44.4 Å². The van der Waals surface area contributed by atoms with Crippen molar-refractivity contribution in [1.82, 2.24) is 0 Å². The van der Waals surface area contributed by atoms with Gasteiger partial charge in [-0.3, -0.25) is 9.57 Å². The molecule has 0 spiro atoms. The molecule has 15 heavy (non-hydrogen) atoms. The van der Waals surface area contributed by atoms with Gasteiger partial charge in [-0.25, -0.2) is 4.21 Å². The number of rotatable bonds is 6. The van der Waals surface area contributed by atoms with Gasteiger partial charge in [-0.1, -0.05) is 6.92 Å². The van der Waals surface area contributed by atoms with Gasteiger partial charge in [0.2, 0.25) is 0 Å². The van der Waals surface area contributed by atoms with Crippen molar-refractivity contribution in [3.05, 3.63) is 0 Å². The number of carboxylic acid groups (broad SMARTS) is 1. The molecule has 6 heteroatoms. The van der Waals surface area contributed by atoms with Gasteiger partial charge in [-0.2, -0.15) is 0 Å². The van der Waals surface area contributed by atoms with E-state index in [0.29, 0.717) is 6.42 Å². The molecule has 5 nitrogen and oxygen atoms in total. The molecule has 90 valence electrons. The highest BCUT2D eigenvalue weighted by molar-refractivity contribution is 7.93. The Kier molecular flexibility index (Phi) is 4.73. The maximum atomic E-state index is 11.8. The number of nitrogens with one attached hydrogen (secondary N) is 1. The molecule has 3 atom stereocenters. The first-order chi connectivity index (χ1) is 6.63. The maximum absolute atomic E-state index is 11.8. The number of carboxylic acids is 1. The average molecular weight is 236 g/mol. The summed E-state index contributed by atoms with van der Waals surface area (Å²) in [5.74, 6) is -1.08. The Labute approximate surface area is 91.0 Å². The van der Waals surface area contributed by atoms with Crippen LogP contribution in [0.1, 0.15) is 33.6 Å². The van der Waals surface area contributed by atoms with Crippen LogP contribution in [0.2, 0.25) is 0 Å². The molecule has 0 bridgehead atoms. The molecule has 0 aliphatic heterocycles. The average Bonchev–Trinajstić information content (AvgIpc) is 2.13. The molecule has 0 saturated carbocycles. The van der Waals surface area contributed by atoms with Crippen LogP contribution in [0.4, 0.5) is 0 Å². The van der Waals surface area contributed by atoms with Crippen molar-refractivity contribution in [2.24, 2.45) is 5.73 Å². The van der Waals surface area contributed by atoms with Crippen LogP contribution in [0.25, 0.3) is 0 Å². The Morgan fingerprint density at radius 2 is 2.13 bits per heavy atom. The largest absolute Gasteiger partial charge is 0.480 e. The highest BCUT2D eigenvalue weighted by Gasteiger charge is 2.29. The van der Waals surface area contributed by atoms with Crippen molar-refractivity contribution in [3.63, 3.8) is 0 Å². The quantitative estimate of drug-likeness (QED) is 0.640. The highest BCUT2D eigenvalue weighted by atomic mass is 32.2. The van der Waals surface area contributed by atoms with Gasteiger partial charge in [0, 0.05) is 20.7 Å². The summed E-state index contributed by atoms with van der Waals surface area (Å²) in [6, 6.07) is 0. The number of nitrogens with two attached hydrogens (primary N) is 1. The molecular weight excluding hydrogens is 216 g/mol. The lowest BCUT2D eigenvalue weighted by Gasteiger charge is -2.21. The van der Waals surface area contributed by atoms with Gasteiger partial charge in [0.1, 0.15) is 5.54 Å². The lowest BCUT2D eigenvalue weighted by atomic mass is 10.0. The first kappa shape index (κ1) is 14.4. The van der Waals surface area contributed by atoms with Crippen LogP contribution < -0.4 is 5.73 Å². The minimum Gasteiger partial charge on any atom is -0.480 e. The third-order valence-corrected chi connectivity index (χ3v) is 5.08. The second kappa shape index (κ2) is 4.94. The fourth-order valence-corrected chi connectivity index (χ4v) is 2.61. The highest BCUT2D eigenvalue weighted by Crippen LogP contribution is 2.13. The van der Waals surface area contributed by atoms with Crippen molar-refractivity contribution in [2.75, 3.05) is 5.75 Å². The van der Waals surface area contributed by atoms with Crippen molar-refractivity contribution < 1.29 is 14.1 Å². The van der Waals surface area contributed by atoms with Crippen LogP contribution in [-0.2, 0) is 14.5 Å². The minimum absolute atomic E-state index is 0.0430. The van der Waals surface area contributed by atoms with Gasteiger partial charge in [0.25, 0.3) is 0 Å². The second-order valence-corrected chi connectivity index (χ2v) is 6.79. The van der Waals surface area contributed by atoms with Crippen molar-refractivity contribution in [1.29, 1.82) is 4.78 Å². The number of hydrogen-bond acceptors (Lipinski definition) is 4. The van der Waals surface area contributed by atoms with Crippen LogP contribution in [0.5, 0.6) is 0 Å². The zero-order valence-corrected chi connectivity index (χ0v) is 10.3. The topological polar surface area (TPSA) is 104 Å². The SMILES string of the molecule is CCC(C)S(=N)(=O)CC[C@@](C)(N)C(=O)O. The molecule has 2 unspecified atom stereocenters. The summed E-state index contributed by atoms with van der Waals surface area (Å²) < 4.78 is 19.4.